The van der Waals surface area contributed by atoms with Gasteiger partial charge in [-0.05, 0) is 37.3 Å². The summed E-state index contributed by atoms with van der Waals surface area (Å²) in [4.78, 5) is 0. The average molecular weight is 226 g/mol. The van der Waals surface area contributed by atoms with Crippen molar-refractivity contribution in [1.82, 2.24) is 0 Å². The SMILES string of the molecule is CCC1=CC(c2ccccc2C)C(C)C(C)=C1. The minimum Gasteiger partial charge on any atom is -0.0732 e. The van der Waals surface area contributed by atoms with Crippen molar-refractivity contribution >= 4 is 0 Å². The molecule has 0 heteroatoms. The van der Waals surface area contributed by atoms with E-state index >= 15 is 0 Å². The minimum absolute atomic E-state index is 0.552. The Bertz CT molecular complexity index is 463. The Hall–Kier alpha value is -1.30. The van der Waals surface area contributed by atoms with Crippen molar-refractivity contribution in [2.45, 2.75) is 40.0 Å². The Morgan fingerprint density at radius 2 is 1.82 bits per heavy atom. The van der Waals surface area contributed by atoms with Gasteiger partial charge < -0.3 is 0 Å². The maximum absolute atomic E-state index is 2.46. The number of aryl methyl sites for hydroxylation is 1. The standard InChI is InChI=1S/C17H22/c1-5-15-10-13(3)14(4)17(11-15)16-9-7-6-8-12(16)2/h6-11,14,17H,5H2,1-4H3. The zero-order valence-corrected chi connectivity index (χ0v) is 11.3. The largest absolute Gasteiger partial charge is 0.0732 e. The summed E-state index contributed by atoms with van der Waals surface area (Å²) in [6.07, 6.45) is 5.95. The molecular formula is C17H22. The molecule has 1 aromatic carbocycles. The highest BCUT2D eigenvalue weighted by atomic mass is 14.3. The molecule has 1 aliphatic rings. The molecule has 0 nitrogen and oxygen atoms in total. The van der Waals surface area contributed by atoms with Crippen molar-refractivity contribution in [2.24, 2.45) is 5.92 Å². The molecule has 2 unspecified atom stereocenters. The van der Waals surface area contributed by atoms with Crippen LogP contribution in [0.2, 0.25) is 0 Å². The highest BCUT2D eigenvalue weighted by Gasteiger charge is 2.23. The molecule has 0 bridgehead atoms. The van der Waals surface area contributed by atoms with E-state index < -0.39 is 0 Å². The number of benzene rings is 1. The molecule has 1 aromatic rings. The first-order chi connectivity index (χ1) is 8.13. The zero-order chi connectivity index (χ0) is 12.4. The number of hydrogen-bond acceptors (Lipinski definition) is 0. The van der Waals surface area contributed by atoms with E-state index in [0.29, 0.717) is 11.8 Å². The monoisotopic (exact) mass is 226 g/mol. The van der Waals surface area contributed by atoms with Gasteiger partial charge in [0.15, 0.2) is 0 Å². The van der Waals surface area contributed by atoms with Crippen LogP contribution in [-0.4, -0.2) is 0 Å². The van der Waals surface area contributed by atoms with Crippen LogP contribution >= 0.6 is 0 Å². The number of hydrogen-bond donors (Lipinski definition) is 0. The molecule has 0 saturated carbocycles. The van der Waals surface area contributed by atoms with Crippen molar-refractivity contribution in [1.29, 1.82) is 0 Å². The second-order valence-corrected chi connectivity index (χ2v) is 5.15. The molecule has 2 atom stereocenters. The van der Waals surface area contributed by atoms with Crippen LogP contribution in [0.1, 0.15) is 44.2 Å². The fourth-order valence-corrected chi connectivity index (χ4v) is 2.67. The van der Waals surface area contributed by atoms with Gasteiger partial charge in [0.05, 0.1) is 0 Å². The third-order valence-corrected chi connectivity index (χ3v) is 4.02. The minimum atomic E-state index is 0.552. The Balaban J connectivity index is 2.42. The van der Waals surface area contributed by atoms with Crippen LogP contribution in [0.25, 0.3) is 0 Å². The van der Waals surface area contributed by atoms with Gasteiger partial charge >= 0.3 is 0 Å². The van der Waals surface area contributed by atoms with Crippen LogP contribution in [0.15, 0.2) is 47.6 Å². The second kappa shape index (κ2) is 4.91. The fourth-order valence-electron chi connectivity index (χ4n) is 2.67. The summed E-state index contributed by atoms with van der Waals surface area (Å²) >= 11 is 0. The predicted molar refractivity (Wildman–Crippen MR) is 75.2 cm³/mol. The van der Waals surface area contributed by atoms with E-state index in [1.165, 1.54) is 22.3 Å². The maximum Gasteiger partial charge on any atom is 0.00892 e. The summed E-state index contributed by atoms with van der Waals surface area (Å²) < 4.78 is 0. The molecule has 0 saturated heterocycles. The fraction of sp³-hybridized carbons (Fsp3) is 0.412. The van der Waals surface area contributed by atoms with Crippen LogP contribution < -0.4 is 0 Å². The number of rotatable bonds is 2. The van der Waals surface area contributed by atoms with Crippen molar-refractivity contribution in [2.75, 3.05) is 0 Å². The van der Waals surface area contributed by atoms with Crippen molar-refractivity contribution in [3.05, 3.63) is 58.7 Å². The highest BCUT2D eigenvalue weighted by Crippen LogP contribution is 2.37. The molecule has 1 aliphatic carbocycles. The van der Waals surface area contributed by atoms with Crippen molar-refractivity contribution in [3.63, 3.8) is 0 Å². The van der Waals surface area contributed by atoms with E-state index in [9.17, 15) is 0 Å². The Kier molecular flexibility index (Phi) is 3.51. The Morgan fingerprint density at radius 1 is 1.12 bits per heavy atom. The van der Waals surface area contributed by atoms with Crippen LogP contribution in [0.5, 0.6) is 0 Å². The third kappa shape index (κ3) is 2.36. The number of allylic oxidation sites excluding steroid dienone is 4. The lowest BCUT2D eigenvalue weighted by atomic mass is 9.76. The van der Waals surface area contributed by atoms with Crippen LogP contribution in [0.3, 0.4) is 0 Å². The molecule has 90 valence electrons. The summed E-state index contributed by atoms with van der Waals surface area (Å²) in [5.74, 6) is 1.17. The van der Waals surface area contributed by atoms with Gasteiger partial charge in [-0.1, -0.05) is 61.4 Å². The first-order valence-corrected chi connectivity index (χ1v) is 6.58. The van der Waals surface area contributed by atoms with Crippen LogP contribution in [0, 0.1) is 12.8 Å². The van der Waals surface area contributed by atoms with Crippen molar-refractivity contribution in [3.8, 4) is 0 Å². The van der Waals surface area contributed by atoms with Gasteiger partial charge in [0.25, 0.3) is 0 Å². The molecule has 0 radical (unpaired) electrons. The van der Waals surface area contributed by atoms with Gasteiger partial charge in [-0.2, -0.15) is 0 Å². The van der Waals surface area contributed by atoms with E-state index in [1.54, 1.807) is 0 Å². The molecule has 0 aliphatic heterocycles. The molecule has 0 aromatic heterocycles. The molecule has 17 heavy (non-hydrogen) atoms. The van der Waals surface area contributed by atoms with E-state index in [4.69, 9.17) is 0 Å². The van der Waals surface area contributed by atoms with E-state index in [2.05, 4.69) is 64.1 Å². The molecular weight excluding hydrogens is 204 g/mol. The normalized spacial score (nSPS) is 24.2. The smallest absolute Gasteiger partial charge is 0.00892 e. The van der Waals surface area contributed by atoms with Crippen LogP contribution in [-0.2, 0) is 0 Å². The van der Waals surface area contributed by atoms with Gasteiger partial charge in [-0.15, -0.1) is 0 Å². The second-order valence-electron chi connectivity index (χ2n) is 5.15. The lowest BCUT2D eigenvalue weighted by molar-refractivity contribution is 0.589. The van der Waals surface area contributed by atoms with Gasteiger partial charge in [0, 0.05) is 5.92 Å². The molecule has 2 rings (SSSR count). The first kappa shape index (κ1) is 12.2. The molecule has 0 fully saturated rings. The molecule has 0 heterocycles. The van der Waals surface area contributed by atoms with E-state index in [0.717, 1.165) is 6.42 Å². The van der Waals surface area contributed by atoms with Gasteiger partial charge in [0.2, 0.25) is 0 Å². The molecule has 0 N–H and O–H groups in total. The lowest BCUT2D eigenvalue weighted by Crippen LogP contribution is -2.14. The predicted octanol–water partition coefficient (Wildman–Crippen LogP) is 5.01. The average Bonchev–Trinajstić information content (AvgIpc) is 2.33. The summed E-state index contributed by atoms with van der Waals surface area (Å²) in [7, 11) is 0. The summed E-state index contributed by atoms with van der Waals surface area (Å²) in [6, 6.07) is 8.77. The van der Waals surface area contributed by atoms with E-state index in [1.807, 2.05) is 0 Å². The summed E-state index contributed by atoms with van der Waals surface area (Å²) in [5.41, 5.74) is 5.88. The topological polar surface area (TPSA) is 0 Å². The quantitative estimate of drug-likeness (QED) is 0.665. The van der Waals surface area contributed by atoms with Gasteiger partial charge in [0.1, 0.15) is 0 Å². The molecule has 0 amide bonds. The van der Waals surface area contributed by atoms with Gasteiger partial charge in [-0.25, -0.2) is 0 Å². The van der Waals surface area contributed by atoms with Crippen molar-refractivity contribution < 1.29 is 0 Å². The zero-order valence-electron chi connectivity index (χ0n) is 11.3. The third-order valence-electron chi connectivity index (χ3n) is 4.02. The maximum atomic E-state index is 2.46. The lowest BCUT2D eigenvalue weighted by Gasteiger charge is -2.28. The Morgan fingerprint density at radius 3 is 2.47 bits per heavy atom. The van der Waals surface area contributed by atoms with E-state index in [-0.39, 0.29) is 0 Å². The van der Waals surface area contributed by atoms with Gasteiger partial charge in [-0.3, -0.25) is 0 Å². The summed E-state index contributed by atoms with van der Waals surface area (Å²) in [5, 5.41) is 0. The Labute approximate surface area is 105 Å². The summed E-state index contributed by atoms with van der Waals surface area (Å²) in [6.45, 7) is 9.06. The molecule has 0 spiro atoms. The first-order valence-electron chi connectivity index (χ1n) is 6.58. The van der Waals surface area contributed by atoms with Crippen LogP contribution in [0.4, 0.5) is 0 Å². The highest BCUT2D eigenvalue weighted by molar-refractivity contribution is 5.41.